The van der Waals surface area contributed by atoms with Gasteiger partial charge in [0, 0.05) is 37.6 Å². The normalized spacial score (nSPS) is 19.4. The van der Waals surface area contributed by atoms with Gasteiger partial charge in [0.05, 0.1) is 11.4 Å². The smallest absolute Gasteiger partial charge is 0.264 e. The lowest BCUT2D eigenvalue weighted by Crippen LogP contribution is -2.51. The number of fused-ring (bicyclic) bond motifs is 1. The number of carbonyl (C=O) groups is 2. The van der Waals surface area contributed by atoms with Crippen molar-refractivity contribution < 1.29 is 9.59 Å². The van der Waals surface area contributed by atoms with Gasteiger partial charge < -0.3 is 10.2 Å². The first-order valence-corrected chi connectivity index (χ1v) is 11.9. The van der Waals surface area contributed by atoms with Crippen LogP contribution in [0, 0.1) is 5.92 Å². The van der Waals surface area contributed by atoms with Crippen molar-refractivity contribution in [2.75, 3.05) is 32.7 Å². The molecular weight excluding hydrogens is 394 g/mol. The Labute approximate surface area is 183 Å². The molecule has 1 aromatic heterocycles. The lowest BCUT2D eigenvalue weighted by atomic mass is 9.87. The quantitative estimate of drug-likeness (QED) is 0.772. The molecule has 0 bridgehead atoms. The first-order chi connectivity index (χ1) is 14.6. The second kappa shape index (κ2) is 9.75. The fourth-order valence-corrected chi connectivity index (χ4v) is 5.55. The highest BCUT2D eigenvalue weighted by atomic mass is 32.1. The summed E-state index contributed by atoms with van der Waals surface area (Å²) in [5.41, 5.74) is 2.50. The highest BCUT2D eigenvalue weighted by Gasteiger charge is 2.27. The Balaban J connectivity index is 1.24. The first kappa shape index (κ1) is 21.1. The van der Waals surface area contributed by atoms with Crippen LogP contribution in [-0.4, -0.2) is 54.3 Å². The van der Waals surface area contributed by atoms with Crippen LogP contribution in [-0.2, 0) is 24.2 Å². The van der Waals surface area contributed by atoms with Gasteiger partial charge in [0.15, 0.2) is 0 Å². The molecule has 0 saturated carbocycles. The van der Waals surface area contributed by atoms with E-state index in [1.807, 2.05) is 35.2 Å². The van der Waals surface area contributed by atoms with Crippen LogP contribution in [0.15, 0.2) is 36.4 Å². The minimum atomic E-state index is 0.0371. The van der Waals surface area contributed by atoms with E-state index in [-0.39, 0.29) is 11.8 Å². The molecule has 2 aromatic rings. The molecule has 30 heavy (non-hydrogen) atoms. The number of nitrogens with one attached hydrogen (secondary N) is 1. The second-order valence-corrected chi connectivity index (χ2v) is 9.54. The molecule has 1 atom stereocenters. The number of nitrogens with zero attached hydrogens (tertiary/aromatic N) is 2. The van der Waals surface area contributed by atoms with Gasteiger partial charge in [-0.1, -0.05) is 43.7 Å². The van der Waals surface area contributed by atoms with Gasteiger partial charge in [-0.2, -0.15) is 0 Å². The minimum absolute atomic E-state index is 0.0371. The van der Waals surface area contributed by atoms with Crippen molar-refractivity contribution in [3.63, 3.8) is 0 Å². The molecule has 2 amide bonds. The van der Waals surface area contributed by atoms with Crippen LogP contribution in [0.1, 0.15) is 45.4 Å². The van der Waals surface area contributed by atoms with E-state index in [1.165, 1.54) is 23.3 Å². The fourth-order valence-electron chi connectivity index (χ4n) is 4.37. The van der Waals surface area contributed by atoms with Crippen LogP contribution in [0.3, 0.4) is 0 Å². The molecule has 0 unspecified atom stereocenters. The Morgan fingerprint density at radius 1 is 1.13 bits per heavy atom. The molecule has 2 heterocycles. The van der Waals surface area contributed by atoms with Gasteiger partial charge in [0.25, 0.3) is 5.91 Å². The van der Waals surface area contributed by atoms with E-state index in [0.29, 0.717) is 26.2 Å². The zero-order chi connectivity index (χ0) is 20.9. The van der Waals surface area contributed by atoms with Gasteiger partial charge in [-0.05, 0) is 42.4 Å². The molecule has 6 heteroatoms. The van der Waals surface area contributed by atoms with Gasteiger partial charge in [0.2, 0.25) is 5.91 Å². The summed E-state index contributed by atoms with van der Waals surface area (Å²) in [5, 5.41) is 2.98. The number of carbonyl (C=O) groups excluding carboxylic acids is 2. The van der Waals surface area contributed by atoms with E-state index >= 15 is 0 Å². The molecule has 2 aliphatic rings. The number of benzene rings is 1. The molecule has 160 valence electrons. The van der Waals surface area contributed by atoms with Gasteiger partial charge >= 0.3 is 0 Å². The largest absolute Gasteiger partial charge is 0.351 e. The molecular formula is C24H31N3O2S. The Morgan fingerprint density at radius 2 is 1.90 bits per heavy atom. The summed E-state index contributed by atoms with van der Waals surface area (Å²) in [6.07, 6.45) is 4.72. The third-order valence-corrected chi connectivity index (χ3v) is 7.56. The van der Waals surface area contributed by atoms with E-state index in [4.69, 9.17) is 0 Å². The Kier molecular flexibility index (Phi) is 6.85. The Bertz CT molecular complexity index is 872. The third-order valence-electron chi connectivity index (χ3n) is 6.33. The predicted octanol–water partition coefficient (Wildman–Crippen LogP) is 3.34. The van der Waals surface area contributed by atoms with Gasteiger partial charge in [-0.15, -0.1) is 11.3 Å². The van der Waals surface area contributed by atoms with Gasteiger partial charge in [-0.25, -0.2) is 0 Å². The monoisotopic (exact) mass is 425 g/mol. The maximum absolute atomic E-state index is 13.0. The molecule has 1 aliphatic heterocycles. The molecule has 1 N–H and O–H groups in total. The van der Waals surface area contributed by atoms with E-state index in [1.54, 1.807) is 11.3 Å². The lowest BCUT2D eigenvalue weighted by molar-refractivity contribution is -0.122. The highest BCUT2D eigenvalue weighted by molar-refractivity contribution is 7.14. The van der Waals surface area contributed by atoms with Gasteiger partial charge in [0.1, 0.15) is 0 Å². The minimum Gasteiger partial charge on any atom is -0.351 e. The third kappa shape index (κ3) is 5.10. The van der Waals surface area contributed by atoms with Crippen molar-refractivity contribution in [1.82, 2.24) is 15.1 Å². The van der Waals surface area contributed by atoms with Crippen LogP contribution in [0.5, 0.6) is 0 Å². The number of hydrogen-bond acceptors (Lipinski definition) is 4. The summed E-state index contributed by atoms with van der Waals surface area (Å²) in [6.45, 7) is 6.06. The Hall–Kier alpha value is -2.18. The van der Waals surface area contributed by atoms with Crippen LogP contribution in [0.2, 0.25) is 0 Å². The Morgan fingerprint density at radius 3 is 2.63 bits per heavy atom. The van der Waals surface area contributed by atoms with E-state index in [9.17, 15) is 9.59 Å². The van der Waals surface area contributed by atoms with Crippen LogP contribution in [0.25, 0.3) is 0 Å². The van der Waals surface area contributed by atoms with Crippen LogP contribution < -0.4 is 5.32 Å². The van der Waals surface area contributed by atoms with E-state index in [0.717, 1.165) is 42.3 Å². The average molecular weight is 426 g/mol. The maximum Gasteiger partial charge on any atom is 0.264 e. The van der Waals surface area contributed by atoms with E-state index < -0.39 is 0 Å². The molecule has 0 spiro atoms. The lowest BCUT2D eigenvalue weighted by Gasteiger charge is -2.34. The number of aryl methyl sites for hydroxylation is 1. The standard InChI is InChI=1S/C24H31N3O2S/c1-2-18-8-9-21-20(14-18)15-22(30-21)24(29)27-12-10-26(11-13-27)17-23(28)25-16-19-6-4-3-5-7-19/h3-7,15,18H,2,8-14,16-17H2,1H3,(H,25,28)/t18-/m0/s1. The molecule has 1 saturated heterocycles. The summed E-state index contributed by atoms with van der Waals surface area (Å²) in [4.78, 5) is 31.6. The molecule has 0 radical (unpaired) electrons. The molecule has 1 aromatic carbocycles. The van der Waals surface area contributed by atoms with Crippen molar-refractivity contribution in [3.05, 3.63) is 57.3 Å². The first-order valence-electron chi connectivity index (χ1n) is 11.1. The molecule has 1 fully saturated rings. The summed E-state index contributed by atoms with van der Waals surface area (Å²) in [6, 6.07) is 12.1. The number of piperazine rings is 1. The summed E-state index contributed by atoms with van der Waals surface area (Å²) < 4.78 is 0. The van der Waals surface area contributed by atoms with E-state index in [2.05, 4.69) is 23.2 Å². The van der Waals surface area contributed by atoms with Crippen LogP contribution >= 0.6 is 11.3 Å². The number of thiophene rings is 1. The van der Waals surface area contributed by atoms with Crippen molar-refractivity contribution in [3.8, 4) is 0 Å². The molecule has 4 rings (SSSR count). The summed E-state index contributed by atoms with van der Waals surface area (Å²) in [7, 11) is 0. The zero-order valence-corrected chi connectivity index (χ0v) is 18.5. The van der Waals surface area contributed by atoms with Crippen molar-refractivity contribution >= 4 is 23.2 Å². The topological polar surface area (TPSA) is 52.7 Å². The average Bonchev–Trinajstić information content (AvgIpc) is 3.22. The summed E-state index contributed by atoms with van der Waals surface area (Å²) in [5.74, 6) is 0.970. The predicted molar refractivity (Wildman–Crippen MR) is 121 cm³/mol. The number of hydrogen-bond donors (Lipinski definition) is 1. The second-order valence-electron chi connectivity index (χ2n) is 8.41. The maximum atomic E-state index is 13.0. The van der Waals surface area contributed by atoms with Crippen molar-refractivity contribution in [2.24, 2.45) is 5.92 Å². The fraction of sp³-hybridized carbons (Fsp3) is 0.500. The SMILES string of the molecule is CC[C@H]1CCc2sc(C(=O)N3CCN(CC(=O)NCc4ccccc4)CC3)cc2C1. The van der Waals surface area contributed by atoms with Crippen LogP contribution in [0.4, 0.5) is 0 Å². The number of amides is 2. The van der Waals surface area contributed by atoms with Crippen molar-refractivity contribution in [2.45, 2.75) is 39.2 Å². The molecule has 5 nitrogen and oxygen atoms in total. The van der Waals surface area contributed by atoms with Gasteiger partial charge in [-0.3, -0.25) is 14.5 Å². The molecule has 1 aliphatic carbocycles. The number of rotatable bonds is 6. The summed E-state index contributed by atoms with van der Waals surface area (Å²) >= 11 is 1.70. The zero-order valence-electron chi connectivity index (χ0n) is 17.7. The van der Waals surface area contributed by atoms with Crippen molar-refractivity contribution in [1.29, 1.82) is 0 Å². The highest BCUT2D eigenvalue weighted by Crippen LogP contribution is 2.34.